The van der Waals surface area contributed by atoms with Crippen LogP contribution in [-0.2, 0) is 22.6 Å². The maximum absolute atomic E-state index is 13.5. The molecule has 0 radical (unpaired) electrons. The summed E-state index contributed by atoms with van der Waals surface area (Å²) in [6.45, 7) is 3.73. The van der Waals surface area contributed by atoms with Gasteiger partial charge in [0.05, 0.1) is 36.6 Å². The lowest BCUT2D eigenvalue weighted by Crippen LogP contribution is -2.37. The molecule has 0 spiro atoms. The summed E-state index contributed by atoms with van der Waals surface area (Å²) >= 11 is 0. The number of pyridine rings is 2. The Morgan fingerprint density at radius 2 is 2.05 bits per heavy atom. The minimum atomic E-state index is -0.537. The van der Waals surface area contributed by atoms with Crippen LogP contribution in [0, 0.1) is 12.7 Å². The number of nitrogens with zero attached hydrogens (tertiary/aromatic N) is 6. The molecule has 1 N–H and O–H groups in total. The summed E-state index contributed by atoms with van der Waals surface area (Å²) in [5, 5.41) is 7.10. The summed E-state index contributed by atoms with van der Waals surface area (Å²) < 4.78 is 21.1. The zero-order chi connectivity index (χ0) is 26.3. The quantitative estimate of drug-likeness (QED) is 0.408. The molecule has 0 aromatic carbocycles. The maximum Gasteiger partial charge on any atom is 0.280 e. The molecule has 1 atom stereocenters. The smallest absolute Gasteiger partial charge is 0.280 e. The first-order chi connectivity index (χ1) is 17.8. The van der Waals surface area contributed by atoms with Crippen molar-refractivity contribution in [3.05, 3.63) is 75.7 Å². The largest absolute Gasteiger partial charge is 0.383 e. The Hall–Kier alpha value is -4.45. The predicted octanol–water partition coefficient (Wildman–Crippen LogP) is 2.03. The average molecular weight is 506 g/mol. The summed E-state index contributed by atoms with van der Waals surface area (Å²) in [7, 11) is 1.53. The monoisotopic (exact) mass is 505 g/mol. The van der Waals surface area contributed by atoms with Gasteiger partial charge in [0.1, 0.15) is 35.2 Å². The van der Waals surface area contributed by atoms with Crippen LogP contribution >= 0.6 is 0 Å². The number of carbonyl (C=O) groups is 2. The van der Waals surface area contributed by atoms with Gasteiger partial charge in [0, 0.05) is 19.4 Å². The third-order valence-corrected chi connectivity index (χ3v) is 6.25. The minimum absolute atomic E-state index is 0.0619. The minimum Gasteiger partial charge on any atom is -0.383 e. The number of anilines is 1. The maximum atomic E-state index is 13.5. The number of rotatable bonds is 7. The second kappa shape index (κ2) is 9.54. The number of amides is 2. The van der Waals surface area contributed by atoms with E-state index in [4.69, 9.17) is 4.74 Å². The highest BCUT2D eigenvalue weighted by Gasteiger charge is 2.37. The number of halogens is 1. The van der Waals surface area contributed by atoms with Crippen LogP contribution in [-0.4, -0.2) is 60.6 Å². The molecular formula is C25H24FN7O4. The SMILES string of the molecule is COC[C@H](C)N1Cc2c(n(CC(=O)Nc3ccc(F)cn3)c3cc(-c4ncccc4C)nn3c2=O)C1=O. The Kier molecular flexibility index (Phi) is 6.25. The molecule has 4 aromatic rings. The molecule has 0 saturated heterocycles. The van der Waals surface area contributed by atoms with Gasteiger partial charge in [-0.05, 0) is 37.6 Å². The lowest BCUT2D eigenvalue weighted by Gasteiger charge is -2.23. The fourth-order valence-corrected chi connectivity index (χ4v) is 4.48. The van der Waals surface area contributed by atoms with E-state index in [2.05, 4.69) is 20.4 Å². The number of hydrogen-bond donors (Lipinski definition) is 1. The van der Waals surface area contributed by atoms with E-state index in [-0.39, 0.29) is 54.4 Å². The number of aryl methyl sites for hydroxylation is 1. The Morgan fingerprint density at radius 1 is 1.24 bits per heavy atom. The highest BCUT2D eigenvalue weighted by atomic mass is 19.1. The molecule has 5 rings (SSSR count). The first kappa shape index (κ1) is 24.3. The van der Waals surface area contributed by atoms with E-state index in [1.807, 2.05) is 19.9 Å². The van der Waals surface area contributed by atoms with Gasteiger partial charge in [-0.25, -0.2) is 9.37 Å². The van der Waals surface area contributed by atoms with Gasteiger partial charge in [0.15, 0.2) is 0 Å². The highest BCUT2D eigenvalue weighted by molar-refractivity contribution is 5.99. The van der Waals surface area contributed by atoms with Crippen molar-refractivity contribution in [2.45, 2.75) is 33.0 Å². The Balaban J connectivity index is 1.63. The summed E-state index contributed by atoms with van der Waals surface area (Å²) in [4.78, 5) is 49.8. The Bertz CT molecular complexity index is 1580. The van der Waals surface area contributed by atoms with Crippen LogP contribution < -0.4 is 10.9 Å². The molecule has 0 bridgehead atoms. The Labute approximate surface area is 210 Å². The van der Waals surface area contributed by atoms with Gasteiger partial charge >= 0.3 is 0 Å². The fourth-order valence-electron chi connectivity index (χ4n) is 4.48. The van der Waals surface area contributed by atoms with E-state index in [0.29, 0.717) is 11.4 Å². The lowest BCUT2D eigenvalue weighted by atomic mass is 10.2. The van der Waals surface area contributed by atoms with E-state index < -0.39 is 17.3 Å². The first-order valence-electron chi connectivity index (χ1n) is 11.6. The van der Waals surface area contributed by atoms with Gasteiger partial charge in [0.25, 0.3) is 11.5 Å². The summed E-state index contributed by atoms with van der Waals surface area (Å²) in [5.41, 5.74) is 2.05. The van der Waals surface area contributed by atoms with E-state index >= 15 is 0 Å². The van der Waals surface area contributed by atoms with Crippen molar-refractivity contribution >= 4 is 23.3 Å². The number of methoxy groups -OCH3 is 1. The molecular weight excluding hydrogens is 481 g/mol. The van der Waals surface area contributed by atoms with Gasteiger partial charge < -0.3 is 19.5 Å². The number of hydrogen-bond acceptors (Lipinski definition) is 7. The van der Waals surface area contributed by atoms with E-state index in [1.165, 1.54) is 33.2 Å². The summed E-state index contributed by atoms with van der Waals surface area (Å²) in [5.74, 6) is -1.28. The second-order valence-electron chi connectivity index (χ2n) is 8.83. The summed E-state index contributed by atoms with van der Waals surface area (Å²) in [6, 6.07) is 7.52. The van der Waals surface area contributed by atoms with Crippen LogP contribution in [0.2, 0.25) is 0 Å². The number of ether oxygens (including phenoxy) is 1. The topological polar surface area (TPSA) is 124 Å². The van der Waals surface area contributed by atoms with Crippen molar-refractivity contribution in [2.75, 3.05) is 19.0 Å². The van der Waals surface area contributed by atoms with Gasteiger partial charge in [-0.2, -0.15) is 9.61 Å². The van der Waals surface area contributed by atoms with E-state index in [0.717, 1.165) is 11.8 Å². The molecule has 12 heteroatoms. The molecule has 11 nitrogen and oxygen atoms in total. The first-order valence-corrected chi connectivity index (χ1v) is 11.6. The van der Waals surface area contributed by atoms with Gasteiger partial charge in [-0.3, -0.25) is 19.4 Å². The molecule has 5 heterocycles. The molecule has 0 unspecified atom stereocenters. The zero-order valence-corrected chi connectivity index (χ0v) is 20.4. The van der Waals surface area contributed by atoms with Crippen molar-refractivity contribution in [3.8, 4) is 11.4 Å². The van der Waals surface area contributed by atoms with Crippen molar-refractivity contribution in [2.24, 2.45) is 0 Å². The zero-order valence-electron chi connectivity index (χ0n) is 20.4. The average Bonchev–Trinajstić information content (AvgIpc) is 3.46. The van der Waals surface area contributed by atoms with Crippen molar-refractivity contribution in [1.29, 1.82) is 0 Å². The van der Waals surface area contributed by atoms with Gasteiger partial charge in [0.2, 0.25) is 5.91 Å². The molecule has 4 aromatic heterocycles. The molecule has 0 aliphatic carbocycles. The molecule has 0 fully saturated rings. The van der Waals surface area contributed by atoms with Gasteiger partial charge in [-0.15, -0.1) is 0 Å². The third kappa shape index (κ3) is 4.35. The molecule has 0 saturated carbocycles. The standard InChI is InChI=1S/C25H24FN7O4/c1-14-5-4-8-27-22(14)18-9-21-32(12-20(34)29-19-7-6-16(26)10-28-19)23-17(24(35)33(21)30-18)11-31(25(23)36)15(2)13-37-3/h4-10,15H,11-13H2,1-3H3,(H,28,29,34)/t15-/m0/s1. The fraction of sp³-hybridized carbons (Fsp3) is 0.280. The van der Waals surface area contributed by atoms with Crippen molar-refractivity contribution in [3.63, 3.8) is 0 Å². The van der Waals surface area contributed by atoms with Crippen LogP contribution in [0.15, 0.2) is 47.5 Å². The molecule has 37 heavy (non-hydrogen) atoms. The third-order valence-electron chi connectivity index (χ3n) is 6.25. The van der Waals surface area contributed by atoms with Crippen molar-refractivity contribution in [1.82, 2.24) is 29.0 Å². The molecule has 190 valence electrons. The van der Waals surface area contributed by atoms with Crippen LogP contribution in [0.4, 0.5) is 10.2 Å². The molecule has 1 aliphatic heterocycles. The molecule has 2 amide bonds. The van der Waals surface area contributed by atoms with E-state index in [9.17, 15) is 18.8 Å². The second-order valence-corrected chi connectivity index (χ2v) is 8.83. The lowest BCUT2D eigenvalue weighted by molar-refractivity contribution is -0.116. The number of nitrogens with one attached hydrogen (secondary N) is 1. The number of fused-ring (bicyclic) bond motifs is 2. The van der Waals surface area contributed by atoms with Crippen molar-refractivity contribution < 1.29 is 18.7 Å². The van der Waals surface area contributed by atoms with Crippen LogP contribution in [0.25, 0.3) is 17.0 Å². The Morgan fingerprint density at radius 3 is 2.76 bits per heavy atom. The van der Waals surface area contributed by atoms with Gasteiger partial charge in [-0.1, -0.05) is 6.07 Å². The normalized spacial score (nSPS) is 13.7. The number of carbonyl (C=O) groups excluding carboxylic acids is 2. The van der Waals surface area contributed by atoms with Crippen LogP contribution in [0.1, 0.15) is 28.5 Å². The molecule has 1 aliphatic rings. The summed E-state index contributed by atoms with van der Waals surface area (Å²) in [6.07, 6.45) is 2.61. The van der Waals surface area contributed by atoms with Crippen LogP contribution in [0.3, 0.4) is 0 Å². The predicted molar refractivity (Wildman–Crippen MR) is 131 cm³/mol. The number of aromatic nitrogens is 5. The highest BCUT2D eigenvalue weighted by Crippen LogP contribution is 2.27. The van der Waals surface area contributed by atoms with Crippen LogP contribution in [0.5, 0.6) is 0 Å². The van der Waals surface area contributed by atoms with E-state index in [1.54, 1.807) is 18.3 Å².